The Labute approximate surface area is 265 Å². The lowest BCUT2D eigenvalue weighted by Gasteiger charge is -2.28. The molecule has 0 amide bonds. The van der Waals surface area contributed by atoms with Gasteiger partial charge in [0.1, 0.15) is 0 Å². The summed E-state index contributed by atoms with van der Waals surface area (Å²) in [5.74, 6) is 0. The number of hydrogen-bond donors (Lipinski definition) is 0. The molecule has 0 saturated carbocycles. The summed E-state index contributed by atoms with van der Waals surface area (Å²) in [4.78, 5) is 2.44. The minimum Gasteiger partial charge on any atom is -0.310 e. The van der Waals surface area contributed by atoms with Gasteiger partial charge in [0.25, 0.3) is 0 Å². The minimum atomic E-state index is -0.00974. The van der Waals surface area contributed by atoms with Crippen molar-refractivity contribution in [3.8, 4) is 33.4 Å². The molecule has 0 atom stereocenters. The van der Waals surface area contributed by atoms with Crippen LogP contribution in [0.25, 0.3) is 44.2 Å². The smallest absolute Gasteiger partial charge is 0.0503 e. The highest BCUT2D eigenvalue weighted by Crippen LogP contribution is 2.56. The van der Waals surface area contributed by atoms with Crippen molar-refractivity contribution in [2.45, 2.75) is 25.7 Å². The van der Waals surface area contributed by atoms with Gasteiger partial charge in [-0.1, -0.05) is 129 Å². The summed E-state index contributed by atoms with van der Waals surface area (Å²) < 4.78 is 0. The summed E-state index contributed by atoms with van der Waals surface area (Å²) in [6, 6.07) is 55.8. The van der Waals surface area contributed by atoms with Gasteiger partial charge in [-0.3, -0.25) is 0 Å². The quantitative estimate of drug-likeness (QED) is 0.202. The zero-order chi connectivity index (χ0) is 30.1. The van der Waals surface area contributed by atoms with Gasteiger partial charge in [-0.15, -0.1) is 0 Å². The van der Waals surface area contributed by atoms with Crippen molar-refractivity contribution in [2.24, 2.45) is 0 Å². The third-order valence-electron chi connectivity index (χ3n) is 10.1. The van der Waals surface area contributed by atoms with Crippen molar-refractivity contribution >= 4 is 27.8 Å². The Morgan fingerprint density at radius 2 is 1.18 bits per heavy atom. The third-order valence-corrected chi connectivity index (χ3v) is 10.1. The number of nitrogens with zero attached hydrogens (tertiary/aromatic N) is 1. The first kappa shape index (κ1) is 26.0. The standard InChI is InChI=1S/C44H33N/c1-44(2)39-17-9-8-15-37(39)43-40(44)26-23-33-28-38-36(42(33)43)16-10-18-41(38)45(34-13-4-3-5-14-34)35-24-21-30(22-25-35)32-20-19-29-11-6-7-12-31(29)27-32/h3-27H,28H2,1-2H3. The molecule has 2 aliphatic rings. The molecule has 1 heteroatoms. The van der Waals surface area contributed by atoms with E-state index in [0.717, 1.165) is 17.8 Å². The van der Waals surface area contributed by atoms with E-state index in [0.29, 0.717) is 0 Å². The summed E-state index contributed by atoms with van der Waals surface area (Å²) in [5.41, 5.74) is 17.3. The summed E-state index contributed by atoms with van der Waals surface area (Å²) in [5, 5.41) is 2.53. The van der Waals surface area contributed by atoms with Gasteiger partial charge < -0.3 is 4.90 Å². The first-order valence-corrected chi connectivity index (χ1v) is 15.9. The molecule has 0 N–H and O–H groups in total. The van der Waals surface area contributed by atoms with Gasteiger partial charge in [-0.2, -0.15) is 0 Å². The van der Waals surface area contributed by atoms with Crippen molar-refractivity contribution in [3.05, 3.63) is 174 Å². The van der Waals surface area contributed by atoms with E-state index in [9.17, 15) is 0 Å². The molecule has 0 unspecified atom stereocenters. The predicted octanol–water partition coefficient (Wildman–Crippen LogP) is 11.9. The summed E-state index contributed by atoms with van der Waals surface area (Å²) >= 11 is 0. The van der Waals surface area contributed by atoms with E-state index in [1.54, 1.807) is 0 Å². The largest absolute Gasteiger partial charge is 0.310 e. The van der Waals surface area contributed by atoms with Gasteiger partial charge in [0.05, 0.1) is 5.69 Å². The fourth-order valence-corrected chi connectivity index (χ4v) is 7.86. The van der Waals surface area contributed by atoms with Crippen molar-refractivity contribution in [1.82, 2.24) is 0 Å². The van der Waals surface area contributed by atoms with E-state index in [4.69, 9.17) is 0 Å². The molecular weight excluding hydrogens is 542 g/mol. The van der Waals surface area contributed by atoms with Crippen LogP contribution < -0.4 is 4.90 Å². The highest BCUT2D eigenvalue weighted by Gasteiger charge is 2.39. The zero-order valence-electron chi connectivity index (χ0n) is 25.6. The van der Waals surface area contributed by atoms with Crippen LogP contribution in [0.5, 0.6) is 0 Å². The maximum Gasteiger partial charge on any atom is 0.0503 e. The van der Waals surface area contributed by atoms with E-state index >= 15 is 0 Å². The average Bonchev–Trinajstić information content (AvgIpc) is 3.58. The molecule has 1 nitrogen and oxygen atoms in total. The Morgan fingerprint density at radius 3 is 2.02 bits per heavy atom. The Hall–Kier alpha value is -5.40. The van der Waals surface area contributed by atoms with E-state index in [1.807, 2.05) is 0 Å². The number of benzene rings is 7. The van der Waals surface area contributed by atoms with E-state index in [-0.39, 0.29) is 5.41 Å². The monoisotopic (exact) mass is 575 g/mol. The Kier molecular flexibility index (Phi) is 5.67. The van der Waals surface area contributed by atoms with Gasteiger partial charge in [0.2, 0.25) is 0 Å². The lowest BCUT2D eigenvalue weighted by molar-refractivity contribution is 0.660. The van der Waals surface area contributed by atoms with Gasteiger partial charge in [-0.25, -0.2) is 0 Å². The highest BCUT2D eigenvalue weighted by molar-refractivity contribution is 5.99. The Morgan fingerprint density at radius 1 is 0.489 bits per heavy atom. The van der Waals surface area contributed by atoms with Crippen LogP contribution in [0.4, 0.5) is 17.1 Å². The summed E-state index contributed by atoms with van der Waals surface area (Å²) in [7, 11) is 0. The maximum absolute atomic E-state index is 2.44. The lowest BCUT2D eigenvalue weighted by Crippen LogP contribution is -2.14. The molecule has 0 fully saturated rings. The first-order chi connectivity index (χ1) is 22.1. The molecule has 2 aliphatic carbocycles. The van der Waals surface area contributed by atoms with Crippen LogP contribution in [0, 0.1) is 0 Å². The second-order valence-corrected chi connectivity index (χ2v) is 13.0. The zero-order valence-corrected chi connectivity index (χ0v) is 25.6. The molecule has 0 aromatic heterocycles. The van der Waals surface area contributed by atoms with Crippen LogP contribution in [0.15, 0.2) is 152 Å². The number of fused-ring (bicyclic) bond motifs is 8. The van der Waals surface area contributed by atoms with Crippen LogP contribution in [0.2, 0.25) is 0 Å². The molecule has 0 spiro atoms. The SMILES string of the molecule is CC1(C)c2ccccc2-c2c1ccc1c2-c2cccc(N(c3ccccc3)c3ccc(-c4ccc5ccccc5c4)cc3)c2C1. The maximum atomic E-state index is 2.44. The third kappa shape index (κ3) is 3.94. The van der Waals surface area contributed by atoms with Crippen molar-refractivity contribution in [2.75, 3.05) is 4.90 Å². The molecule has 7 aromatic rings. The number of hydrogen-bond acceptors (Lipinski definition) is 1. The Bertz CT molecular complexity index is 2260. The highest BCUT2D eigenvalue weighted by atomic mass is 15.1. The molecule has 45 heavy (non-hydrogen) atoms. The van der Waals surface area contributed by atoms with Gasteiger partial charge >= 0.3 is 0 Å². The average molecular weight is 576 g/mol. The van der Waals surface area contributed by atoms with Gasteiger partial charge in [-0.05, 0) is 103 Å². The minimum absolute atomic E-state index is 0.00974. The molecule has 0 saturated heterocycles. The van der Waals surface area contributed by atoms with E-state index in [1.165, 1.54) is 72.1 Å². The molecule has 0 bridgehead atoms. The topological polar surface area (TPSA) is 3.24 Å². The number of anilines is 3. The number of rotatable bonds is 4. The van der Waals surface area contributed by atoms with Crippen molar-refractivity contribution in [1.29, 1.82) is 0 Å². The van der Waals surface area contributed by atoms with Gasteiger partial charge in [0.15, 0.2) is 0 Å². The van der Waals surface area contributed by atoms with Crippen molar-refractivity contribution < 1.29 is 0 Å². The summed E-state index contributed by atoms with van der Waals surface area (Å²) in [6.45, 7) is 4.74. The van der Waals surface area contributed by atoms with Crippen LogP contribution in [0.1, 0.15) is 36.1 Å². The summed E-state index contributed by atoms with van der Waals surface area (Å²) in [6.07, 6.45) is 0.926. The number of para-hydroxylation sites is 1. The second kappa shape index (κ2) is 9.81. The predicted molar refractivity (Wildman–Crippen MR) is 190 cm³/mol. The van der Waals surface area contributed by atoms with E-state index < -0.39 is 0 Å². The van der Waals surface area contributed by atoms with Crippen LogP contribution in [-0.2, 0) is 11.8 Å². The molecule has 0 heterocycles. The van der Waals surface area contributed by atoms with Crippen LogP contribution in [-0.4, -0.2) is 0 Å². The molecule has 214 valence electrons. The Balaban J connectivity index is 1.18. The first-order valence-electron chi connectivity index (χ1n) is 15.9. The van der Waals surface area contributed by atoms with Gasteiger partial charge in [0, 0.05) is 23.2 Å². The second-order valence-electron chi connectivity index (χ2n) is 13.0. The van der Waals surface area contributed by atoms with Crippen LogP contribution in [0.3, 0.4) is 0 Å². The van der Waals surface area contributed by atoms with Crippen molar-refractivity contribution in [3.63, 3.8) is 0 Å². The van der Waals surface area contributed by atoms with Crippen LogP contribution >= 0.6 is 0 Å². The van der Waals surface area contributed by atoms with E-state index in [2.05, 4.69) is 170 Å². The fraction of sp³-hybridized carbons (Fsp3) is 0.0909. The molecule has 7 aromatic carbocycles. The molecular formula is C44H33N. The molecule has 0 radical (unpaired) electrons. The normalized spacial score (nSPS) is 13.6. The lowest BCUT2D eigenvalue weighted by atomic mass is 9.82. The fourth-order valence-electron chi connectivity index (χ4n) is 7.86. The molecule has 0 aliphatic heterocycles. The molecule has 9 rings (SSSR count).